The van der Waals surface area contributed by atoms with Crippen LogP contribution < -0.4 is 10.6 Å². The number of hydrogen-bond donors (Lipinski definition) is 2. The van der Waals surface area contributed by atoms with Crippen LogP contribution in [0.3, 0.4) is 0 Å². The predicted octanol–water partition coefficient (Wildman–Crippen LogP) is 1.29. The Hall–Kier alpha value is -1.39. The first-order valence-corrected chi connectivity index (χ1v) is 7.44. The largest absolute Gasteiger partial charge is 0.375 e. The van der Waals surface area contributed by atoms with E-state index in [2.05, 4.69) is 41.8 Å². The maximum atomic E-state index is 11.8. The summed E-state index contributed by atoms with van der Waals surface area (Å²) in [5, 5.41) is 6.19. The summed E-state index contributed by atoms with van der Waals surface area (Å²) < 4.78 is 5.52. The summed E-state index contributed by atoms with van der Waals surface area (Å²) in [5.74, 6) is 0.0730. The van der Waals surface area contributed by atoms with Gasteiger partial charge >= 0.3 is 0 Å². The third kappa shape index (κ3) is 4.94. The van der Waals surface area contributed by atoms with Gasteiger partial charge < -0.3 is 15.4 Å². The smallest absolute Gasteiger partial charge is 0.222 e. The van der Waals surface area contributed by atoms with Gasteiger partial charge in [-0.05, 0) is 24.0 Å². The molecule has 1 aromatic carbocycles. The molecule has 0 radical (unpaired) electrons. The second-order valence-corrected chi connectivity index (χ2v) is 5.17. The maximum Gasteiger partial charge on any atom is 0.222 e. The maximum absolute atomic E-state index is 11.8. The van der Waals surface area contributed by atoms with Crippen molar-refractivity contribution in [3.63, 3.8) is 0 Å². The second kappa shape index (κ2) is 8.02. The highest BCUT2D eigenvalue weighted by atomic mass is 16.5. The average molecular weight is 276 g/mol. The molecule has 2 rings (SSSR count). The Morgan fingerprint density at radius 3 is 2.75 bits per heavy atom. The summed E-state index contributed by atoms with van der Waals surface area (Å²) >= 11 is 0. The fourth-order valence-corrected chi connectivity index (χ4v) is 2.32. The number of carbonyl (C=O) groups is 1. The average Bonchev–Trinajstić information content (AvgIpc) is 2.49. The van der Waals surface area contributed by atoms with Crippen LogP contribution >= 0.6 is 0 Å². The molecule has 0 aliphatic carbocycles. The molecule has 1 aromatic rings. The number of nitrogens with one attached hydrogen (secondary N) is 2. The monoisotopic (exact) mass is 276 g/mol. The minimum Gasteiger partial charge on any atom is -0.375 e. The highest BCUT2D eigenvalue weighted by molar-refractivity contribution is 5.76. The number of hydrogen-bond acceptors (Lipinski definition) is 3. The summed E-state index contributed by atoms with van der Waals surface area (Å²) in [6, 6.07) is 8.58. The summed E-state index contributed by atoms with van der Waals surface area (Å²) in [5.41, 5.74) is 2.61. The zero-order valence-electron chi connectivity index (χ0n) is 12.2. The van der Waals surface area contributed by atoms with Gasteiger partial charge in [0.1, 0.15) is 0 Å². The molecule has 1 heterocycles. The zero-order valence-corrected chi connectivity index (χ0v) is 12.2. The molecular weight excluding hydrogens is 252 g/mol. The van der Waals surface area contributed by atoms with E-state index in [1.165, 1.54) is 11.1 Å². The third-order valence-electron chi connectivity index (χ3n) is 3.58. The fourth-order valence-electron chi connectivity index (χ4n) is 2.32. The molecule has 4 heteroatoms. The first kappa shape index (κ1) is 15.0. The van der Waals surface area contributed by atoms with Gasteiger partial charge in [-0.25, -0.2) is 0 Å². The minimum atomic E-state index is 0.0209. The van der Waals surface area contributed by atoms with Crippen molar-refractivity contribution in [2.24, 2.45) is 0 Å². The van der Waals surface area contributed by atoms with Crippen LogP contribution in [0, 0.1) is 0 Å². The van der Waals surface area contributed by atoms with Crippen molar-refractivity contribution in [1.29, 1.82) is 0 Å². The van der Waals surface area contributed by atoms with Crippen molar-refractivity contribution in [3.05, 3.63) is 35.4 Å². The van der Waals surface area contributed by atoms with E-state index in [0.29, 0.717) is 19.6 Å². The molecule has 1 amide bonds. The topological polar surface area (TPSA) is 50.4 Å². The highest BCUT2D eigenvalue weighted by Gasteiger charge is 2.16. The number of amides is 1. The molecule has 0 bridgehead atoms. The van der Waals surface area contributed by atoms with Crippen molar-refractivity contribution < 1.29 is 9.53 Å². The Morgan fingerprint density at radius 1 is 1.35 bits per heavy atom. The SMILES string of the molecule is CCc1ccc(CCNC(=O)C[C@@H]2CNCCO2)cc1. The summed E-state index contributed by atoms with van der Waals surface area (Å²) in [4.78, 5) is 11.8. The number of benzene rings is 1. The number of rotatable bonds is 6. The molecule has 110 valence electrons. The standard InChI is InChI=1S/C16H24N2O2/c1-2-13-3-5-14(6-4-13)7-8-18-16(19)11-15-12-17-9-10-20-15/h3-6,15,17H,2,7-12H2,1H3,(H,18,19)/t15-/m1/s1. The molecule has 0 saturated carbocycles. The van der Waals surface area contributed by atoms with E-state index in [-0.39, 0.29) is 12.0 Å². The minimum absolute atomic E-state index is 0.0209. The second-order valence-electron chi connectivity index (χ2n) is 5.17. The number of aryl methyl sites for hydroxylation is 1. The van der Waals surface area contributed by atoms with E-state index in [4.69, 9.17) is 4.74 Å². The lowest BCUT2D eigenvalue weighted by molar-refractivity contribution is -0.124. The van der Waals surface area contributed by atoms with Gasteiger partial charge in [0.05, 0.1) is 19.1 Å². The Kier molecular flexibility index (Phi) is 6.02. The van der Waals surface area contributed by atoms with Gasteiger partial charge in [0.2, 0.25) is 5.91 Å². The van der Waals surface area contributed by atoms with Gasteiger partial charge in [-0.15, -0.1) is 0 Å². The lowest BCUT2D eigenvalue weighted by Crippen LogP contribution is -2.41. The van der Waals surface area contributed by atoms with Crippen LogP contribution in [-0.4, -0.2) is 38.3 Å². The van der Waals surface area contributed by atoms with E-state index < -0.39 is 0 Å². The molecule has 1 aliphatic rings. The Labute approximate surface area is 120 Å². The summed E-state index contributed by atoms with van der Waals surface area (Å²) in [7, 11) is 0. The van der Waals surface area contributed by atoms with Crippen LogP contribution in [0.1, 0.15) is 24.5 Å². The normalized spacial score (nSPS) is 18.8. The fraction of sp³-hybridized carbons (Fsp3) is 0.562. The lowest BCUT2D eigenvalue weighted by atomic mass is 10.1. The van der Waals surface area contributed by atoms with Crippen molar-refractivity contribution in [1.82, 2.24) is 10.6 Å². The number of ether oxygens (including phenoxy) is 1. The molecule has 0 spiro atoms. The van der Waals surface area contributed by atoms with Gasteiger partial charge in [-0.3, -0.25) is 4.79 Å². The summed E-state index contributed by atoms with van der Waals surface area (Å²) in [6.45, 7) is 5.18. The van der Waals surface area contributed by atoms with Crippen molar-refractivity contribution in [2.45, 2.75) is 32.3 Å². The Balaban J connectivity index is 1.65. The molecule has 2 N–H and O–H groups in total. The Morgan fingerprint density at radius 2 is 2.10 bits per heavy atom. The quantitative estimate of drug-likeness (QED) is 0.823. The molecule has 1 fully saturated rings. The van der Waals surface area contributed by atoms with Gasteiger partial charge in [0.25, 0.3) is 0 Å². The Bertz CT molecular complexity index is 411. The third-order valence-corrected chi connectivity index (χ3v) is 3.58. The first-order chi connectivity index (χ1) is 9.78. The molecular formula is C16H24N2O2. The van der Waals surface area contributed by atoms with Crippen LogP contribution in [0.4, 0.5) is 0 Å². The van der Waals surface area contributed by atoms with Gasteiger partial charge in [-0.1, -0.05) is 31.2 Å². The van der Waals surface area contributed by atoms with Crippen LogP contribution in [0.15, 0.2) is 24.3 Å². The van der Waals surface area contributed by atoms with Crippen LogP contribution in [0.5, 0.6) is 0 Å². The van der Waals surface area contributed by atoms with E-state index >= 15 is 0 Å². The van der Waals surface area contributed by atoms with Crippen molar-refractivity contribution >= 4 is 5.91 Å². The number of morpholine rings is 1. The van der Waals surface area contributed by atoms with Crippen LogP contribution in [0.25, 0.3) is 0 Å². The molecule has 0 aromatic heterocycles. The molecule has 1 atom stereocenters. The van der Waals surface area contributed by atoms with Crippen LogP contribution in [-0.2, 0) is 22.4 Å². The molecule has 1 aliphatic heterocycles. The molecule has 1 saturated heterocycles. The van der Waals surface area contributed by atoms with Gasteiger partial charge in [0, 0.05) is 19.6 Å². The van der Waals surface area contributed by atoms with E-state index in [0.717, 1.165) is 25.9 Å². The highest BCUT2D eigenvalue weighted by Crippen LogP contribution is 2.05. The lowest BCUT2D eigenvalue weighted by Gasteiger charge is -2.23. The predicted molar refractivity (Wildman–Crippen MR) is 79.8 cm³/mol. The molecule has 4 nitrogen and oxygen atoms in total. The number of carbonyl (C=O) groups excluding carboxylic acids is 1. The van der Waals surface area contributed by atoms with Gasteiger partial charge in [-0.2, -0.15) is 0 Å². The molecule has 20 heavy (non-hydrogen) atoms. The van der Waals surface area contributed by atoms with E-state index in [1.54, 1.807) is 0 Å². The first-order valence-electron chi connectivity index (χ1n) is 7.44. The van der Waals surface area contributed by atoms with Crippen molar-refractivity contribution in [2.75, 3.05) is 26.2 Å². The van der Waals surface area contributed by atoms with Gasteiger partial charge in [0.15, 0.2) is 0 Å². The van der Waals surface area contributed by atoms with Crippen LogP contribution in [0.2, 0.25) is 0 Å². The van der Waals surface area contributed by atoms with E-state index in [1.807, 2.05) is 0 Å². The van der Waals surface area contributed by atoms with Crippen molar-refractivity contribution in [3.8, 4) is 0 Å². The van der Waals surface area contributed by atoms with E-state index in [9.17, 15) is 4.79 Å². The zero-order chi connectivity index (χ0) is 14.2. The summed E-state index contributed by atoms with van der Waals surface area (Å²) in [6.07, 6.45) is 2.40. The molecule has 0 unspecified atom stereocenters.